The maximum atomic E-state index is 11.8. The summed E-state index contributed by atoms with van der Waals surface area (Å²) >= 11 is 0. The van der Waals surface area contributed by atoms with E-state index in [9.17, 15) is 4.79 Å². The van der Waals surface area contributed by atoms with Gasteiger partial charge in [0.25, 0.3) is 0 Å². The third kappa shape index (κ3) is 18.5. The minimum absolute atomic E-state index is 0.0710. The van der Waals surface area contributed by atoms with Gasteiger partial charge in [0, 0.05) is 0 Å². The average Bonchev–Trinajstić information content (AvgIpc) is 2.68. The third-order valence-corrected chi connectivity index (χ3v) is 5.11. The van der Waals surface area contributed by atoms with E-state index in [0.29, 0.717) is 18.4 Å². The molecule has 0 aromatic rings. The molecule has 0 saturated carbocycles. The zero-order valence-corrected chi connectivity index (χ0v) is 20.0. The molecule has 170 valence electrons. The number of carbonyl (C=O) groups is 1. The molecule has 0 heterocycles. The molecule has 0 unspecified atom stereocenters. The van der Waals surface area contributed by atoms with Gasteiger partial charge in [-0.1, -0.05) is 97.4 Å². The highest BCUT2D eigenvalue weighted by Gasteiger charge is 2.22. The van der Waals surface area contributed by atoms with Crippen molar-refractivity contribution in [1.29, 1.82) is 0 Å². The van der Waals surface area contributed by atoms with Crippen LogP contribution in [-0.2, 0) is 9.47 Å². The summed E-state index contributed by atoms with van der Waals surface area (Å²) in [6.07, 6.45) is 23.1. The first-order chi connectivity index (χ1) is 14.0. The number of unbranched alkanes of at least 4 members (excludes halogenated alkanes) is 9. The van der Waals surface area contributed by atoms with Crippen molar-refractivity contribution in [2.45, 2.75) is 118 Å². The Morgan fingerprint density at radius 1 is 0.724 bits per heavy atom. The van der Waals surface area contributed by atoms with E-state index in [1.54, 1.807) is 0 Å². The molecule has 0 bridgehead atoms. The van der Waals surface area contributed by atoms with Gasteiger partial charge >= 0.3 is 6.16 Å². The minimum Gasteiger partial charge on any atom is -0.434 e. The van der Waals surface area contributed by atoms with Gasteiger partial charge in [-0.25, -0.2) is 4.79 Å². The Labute approximate surface area is 181 Å². The van der Waals surface area contributed by atoms with Gasteiger partial charge in [-0.2, -0.15) is 0 Å². The van der Waals surface area contributed by atoms with E-state index >= 15 is 0 Å². The maximum Gasteiger partial charge on any atom is 0.508 e. The first kappa shape index (κ1) is 27.8. The largest absolute Gasteiger partial charge is 0.508 e. The topological polar surface area (TPSA) is 35.5 Å². The van der Waals surface area contributed by atoms with Crippen LogP contribution >= 0.6 is 0 Å². The predicted molar refractivity (Wildman–Crippen MR) is 125 cm³/mol. The summed E-state index contributed by atoms with van der Waals surface area (Å²) in [6.45, 7) is 11.0. The normalized spacial score (nSPS) is 12.1. The Kier molecular flexibility index (Phi) is 19.2. The summed E-state index contributed by atoms with van der Waals surface area (Å²) in [4.78, 5) is 11.8. The number of allylic oxidation sites excluding steroid dienone is 4. The van der Waals surface area contributed by atoms with Crippen molar-refractivity contribution in [3.05, 3.63) is 24.3 Å². The molecule has 0 amide bonds. The fourth-order valence-electron chi connectivity index (χ4n) is 3.43. The van der Waals surface area contributed by atoms with Crippen LogP contribution < -0.4 is 0 Å². The first-order valence-electron chi connectivity index (χ1n) is 12.1. The van der Waals surface area contributed by atoms with Crippen LogP contribution in [0.15, 0.2) is 24.3 Å². The molecular weight excluding hydrogens is 360 g/mol. The van der Waals surface area contributed by atoms with Crippen molar-refractivity contribution in [1.82, 2.24) is 0 Å². The average molecular weight is 409 g/mol. The summed E-state index contributed by atoms with van der Waals surface area (Å²) in [6, 6.07) is 0. The van der Waals surface area contributed by atoms with Crippen LogP contribution in [0.25, 0.3) is 0 Å². The molecule has 0 aliphatic rings. The van der Waals surface area contributed by atoms with Crippen LogP contribution in [0.4, 0.5) is 4.79 Å². The monoisotopic (exact) mass is 408 g/mol. The second kappa shape index (κ2) is 20.0. The highest BCUT2D eigenvalue weighted by Crippen LogP contribution is 2.17. The molecule has 0 aromatic carbocycles. The van der Waals surface area contributed by atoms with Gasteiger partial charge in [0.1, 0.15) is 6.10 Å². The molecule has 0 rings (SSSR count). The number of hydrogen-bond donors (Lipinski definition) is 0. The smallest absolute Gasteiger partial charge is 0.434 e. The van der Waals surface area contributed by atoms with Crippen LogP contribution in [-0.4, -0.2) is 18.9 Å². The molecule has 0 saturated heterocycles. The van der Waals surface area contributed by atoms with E-state index in [1.165, 1.54) is 57.8 Å². The lowest BCUT2D eigenvalue weighted by atomic mass is 9.96. The van der Waals surface area contributed by atoms with Gasteiger partial charge in [-0.3, -0.25) is 0 Å². The Bertz CT molecular complexity index is 416. The van der Waals surface area contributed by atoms with Crippen molar-refractivity contribution in [2.24, 2.45) is 11.8 Å². The maximum absolute atomic E-state index is 11.8. The molecule has 0 fully saturated rings. The molecule has 0 N–H and O–H groups in total. The van der Waals surface area contributed by atoms with Crippen LogP contribution in [0.3, 0.4) is 0 Å². The molecule has 0 aliphatic carbocycles. The molecule has 3 nitrogen and oxygen atoms in total. The fraction of sp³-hybridized carbons (Fsp3) is 0.808. The van der Waals surface area contributed by atoms with Gasteiger partial charge < -0.3 is 9.47 Å². The van der Waals surface area contributed by atoms with Gasteiger partial charge in [0.15, 0.2) is 0 Å². The molecule has 0 atom stereocenters. The molecule has 0 aromatic heterocycles. The van der Waals surface area contributed by atoms with Gasteiger partial charge in [-0.15, -0.1) is 0 Å². The Morgan fingerprint density at radius 3 is 1.79 bits per heavy atom. The van der Waals surface area contributed by atoms with Gasteiger partial charge in [0.2, 0.25) is 0 Å². The Morgan fingerprint density at radius 2 is 1.24 bits per heavy atom. The van der Waals surface area contributed by atoms with Crippen molar-refractivity contribution in [3.8, 4) is 0 Å². The van der Waals surface area contributed by atoms with Crippen LogP contribution in [0.1, 0.15) is 112 Å². The van der Waals surface area contributed by atoms with Crippen LogP contribution in [0.5, 0.6) is 0 Å². The van der Waals surface area contributed by atoms with E-state index in [-0.39, 0.29) is 6.10 Å². The molecule has 0 aliphatic heterocycles. The number of hydrogen-bond acceptors (Lipinski definition) is 3. The lowest BCUT2D eigenvalue weighted by Crippen LogP contribution is -2.29. The standard InChI is InChI=1S/C26H48O3/c1-6-7-8-9-10-11-12-13-14-15-16-17-18-19-20-21-22-28-26(27)29-25(23(2)3)24(4)5/h10-11,13-14,23-25H,6-9,12,15-22H2,1-5H3/b11-10+,14-13-. The van der Waals surface area contributed by atoms with Crippen molar-refractivity contribution in [3.63, 3.8) is 0 Å². The molecular formula is C26H48O3. The summed E-state index contributed by atoms with van der Waals surface area (Å²) in [5.41, 5.74) is 0. The van der Waals surface area contributed by atoms with E-state index in [2.05, 4.69) is 58.9 Å². The van der Waals surface area contributed by atoms with E-state index in [4.69, 9.17) is 9.47 Å². The van der Waals surface area contributed by atoms with E-state index in [0.717, 1.165) is 19.3 Å². The first-order valence-corrected chi connectivity index (χ1v) is 12.1. The molecule has 0 spiro atoms. The molecule has 29 heavy (non-hydrogen) atoms. The highest BCUT2D eigenvalue weighted by atomic mass is 16.7. The van der Waals surface area contributed by atoms with Crippen LogP contribution in [0, 0.1) is 11.8 Å². The van der Waals surface area contributed by atoms with Crippen molar-refractivity contribution < 1.29 is 14.3 Å². The van der Waals surface area contributed by atoms with Gasteiger partial charge in [0.05, 0.1) is 6.61 Å². The number of carbonyl (C=O) groups excluding carboxylic acids is 1. The zero-order valence-electron chi connectivity index (χ0n) is 20.0. The third-order valence-electron chi connectivity index (χ3n) is 5.11. The second-order valence-electron chi connectivity index (χ2n) is 8.75. The lowest BCUT2D eigenvalue weighted by molar-refractivity contribution is -0.0110. The fourth-order valence-corrected chi connectivity index (χ4v) is 3.43. The number of ether oxygens (including phenoxy) is 2. The lowest BCUT2D eigenvalue weighted by Gasteiger charge is -2.24. The van der Waals surface area contributed by atoms with E-state index in [1.807, 2.05) is 0 Å². The summed E-state index contributed by atoms with van der Waals surface area (Å²) in [7, 11) is 0. The summed E-state index contributed by atoms with van der Waals surface area (Å²) in [5.74, 6) is 0.619. The minimum atomic E-state index is -0.514. The van der Waals surface area contributed by atoms with Crippen molar-refractivity contribution >= 4 is 6.16 Å². The Hall–Kier alpha value is -1.25. The second-order valence-corrected chi connectivity index (χ2v) is 8.75. The van der Waals surface area contributed by atoms with E-state index < -0.39 is 6.16 Å². The SMILES string of the molecule is CCCCC/C=C/C/C=C\CCCCCCCCOC(=O)OC(C(C)C)C(C)C. The Balaban J connectivity index is 3.45. The van der Waals surface area contributed by atoms with Crippen LogP contribution in [0.2, 0.25) is 0 Å². The van der Waals surface area contributed by atoms with Crippen molar-refractivity contribution in [2.75, 3.05) is 6.61 Å². The van der Waals surface area contributed by atoms with Gasteiger partial charge in [-0.05, 0) is 50.4 Å². The zero-order chi connectivity index (χ0) is 21.7. The number of rotatable bonds is 18. The predicted octanol–water partition coefficient (Wildman–Crippen LogP) is 8.63. The highest BCUT2D eigenvalue weighted by molar-refractivity contribution is 5.60. The molecule has 3 heteroatoms. The quantitative estimate of drug-likeness (QED) is 0.129. The summed E-state index contributed by atoms with van der Waals surface area (Å²) in [5, 5.41) is 0. The molecule has 0 radical (unpaired) electrons. The summed E-state index contributed by atoms with van der Waals surface area (Å²) < 4.78 is 10.6.